The second-order valence-corrected chi connectivity index (χ2v) is 8.59. The van der Waals surface area contributed by atoms with Gasteiger partial charge in [0, 0.05) is 23.6 Å². The second kappa shape index (κ2) is 6.35. The van der Waals surface area contributed by atoms with Crippen LogP contribution in [0.5, 0.6) is 0 Å². The predicted octanol–water partition coefficient (Wildman–Crippen LogP) is 4.87. The summed E-state index contributed by atoms with van der Waals surface area (Å²) in [5.74, 6) is 2.04. The van der Waals surface area contributed by atoms with Gasteiger partial charge < -0.3 is 5.32 Å². The van der Waals surface area contributed by atoms with Crippen LogP contribution >= 0.6 is 0 Å². The highest BCUT2D eigenvalue weighted by molar-refractivity contribution is 5.96. The van der Waals surface area contributed by atoms with Crippen molar-refractivity contribution in [3.63, 3.8) is 0 Å². The molecule has 3 aliphatic rings. The Hall–Kier alpha value is -1.48. The van der Waals surface area contributed by atoms with E-state index in [1.165, 1.54) is 23.1 Å². The summed E-state index contributed by atoms with van der Waals surface area (Å²) >= 11 is 0. The maximum absolute atomic E-state index is 12.2. The number of rotatable bonds is 3. The van der Waals surface area contributed by atoms with E-state index in [1.807, 2.05) is 0 Å². The largest absolute Gasteiger partial charge is 0.303 e. The molecule has 2 aliphatic heterocycles. The topological polar surface area (TPSA) is 46.2 Å². The highest BCUT2D eigenvalue weighted by Crippen LogP contribution is 2.50. The molecule has 4 rings (SSSR count). The molecule has 3 unspecified atom stereocenters. The van der Waals surface area contributed by atoms with Gasteiger partial charge in [-0.3, -0.25) is 9.59 Å². The van der Waals surface area contributed by atoms with Gasteiger partial charge in [-0.25, -0.2) is 0 Å². The molecule has 134 valence electrons. The lowest BCUT2D eigenvalue weighted by atomic mass is 9.74. The van der Waals surface area contributed by atoms with Crippen molar-refractivity contribution < 1.29 is 9.59 Å². The summed E-state index contributed by atoms with van der Waals surface area (Å²) in [4.78, 5) is 23.9. The Kier molecular flexibility index (Phi) is 4.31. The van der Waals surface area contributed by atoms with Crippen LogP contribution < -0.4 is 5.32 Å². The SMILES string of the molecule is CC(=O)c1ccc(C2CCC(C(C)=O)CC2)c2c1C1CC(C)CC2N1. The van der Waals surface area contributed by atoms with E-state index in [1.54, 1.807) is 13.8 Å². The average Bonchev–Trinajstić information content (AvgIpc) is 2.85. The van der Waals surface area contributed by atoms with E-state index < -0.39 is 0 Å². The summed E-state index contributed by atoms with van der Waals surface area (Å²) in [5.41, 5.74) is 5.11. The zero-order valence-corrected chi connectivity index (χ0v) is 15.6. The van der Waals surface area contributed by atoms with E-state index in [2.05, 4.69) is 24.4 Å². The monoisotopic (exact) mass is 339 g/mol. The van der Waals surface area contributed by atoms with Gasteiger partial charge >= 0.3 is 0 Å². The van der Waals surface area contributed by atoms with Crippen molar-refractivity contribution in [2.75, 3.05) is 0 Å². The van der Waals surface area contributed by atoms with E-state index in [9.17, 15) is 9.59 Å². The molecule has 0 radical (unpaired) electrons. The minimum absolute atomic E-state index is 0.185. The Morgan fingerprint density at radius 3 is 2.20 bits per heavy atom. The first-order valence-corrected chi connectivity index (χ1v) is 9.89. The Morgan fingerprint density at radius 2 is 1.60 bits per heavy atom. The summed E-state index contributed by atoms with van der Waals surface area (Å²) in [5, 5.41) is 3.78. The number of nitrogens with one attached hydrogen (secondary N) is 1. The molecule has 3 heteroatoms. The zero-order valence-electron chi connectivity index (χ0n) is 15.6. The van der Waals surface area contributed by atoms with Gasteiger partial charge in [0.05, 0.1) is 0 Å². The number of Topliss-reactive ketones (excluding diaryl/α,β-unsaturated/α-hetero) is 2. The first kappa shape index (κ1) is 17.0. The van der Waals surface area contributed by atoms with Crippen molar-refractivity contribution in [1.82, 2.24) is 5.32 Å². The zero-order chi connectivity index (χ0) is 17.7. The van der Waals surface area contributed by atoms with Gasteiger partial charge in [0.1, 0.15) is 5.78 Å². The molecule has 2 bridgehead atoms. The number of fused-ring (bicyclic) bond motifs is 5. The third-order valence-corrected chi connectivity index (χ3v) is 6.82. The van der Waals surface area contributed by atoms with Gasteiger partial charge in [-0.05, 0) is 80.9 Å². The van der Waals surface area contributed by atoms with Crippen LogP contribution in [0.4, 0.5) is 0 Å². The van der Waals surface area contributed by atoms with Crippen LogP contribution in [0.25, 0.3) is 0 Å². The summed E-state index contributed by atoms with van der Waals surface area (Å²) in [6, 6.07) is 5.04. The van der Waals surface area contributed by atoms with E-state index >= 15 is 0 Å². The van der Waals surface area contributed by atoms with Crippen molar-refractivity contribution in [1.29, 1.82) is 0 Å². The van der Waals surface area contributed by atoms with Gasteiger partial charge in [0.15, 0.2) is 5.78 Å². The average molecular weight is 339 g/mol. The van der Waals surface area contributed by atoms with Gasteiger partial charge in [-0.15, -0.1) is 0 Å². The molecular formula is C22H29NO2. The summed E-state index contributed by atoms with van der Waals surface area (Å²) in [7, 11) is 0. The summed E-state index contributed by atoms with van der Waals surface area (Å²) in [6.45, 7) is 5.76. The molecule has 1 aromatic carbocycles. The van der Waals surface area contributed by atoms with E-state index in [-0.39, 0.29) is 11.7 Å². The first-order chi connectivity index (χ1) is 12.0. The lowest BCUT2D eigenvalue weighted by Crippen LogP contribution is -2.27. The van der Waals surface area contributed by atoms with Crippen molar-refractivity contribution in [2.45, 2.75) is 77.3 Å². The number of carbonyl (C=O) groups excluding carboxylic acids is 2. The molecule has 3 nitrogen and oxygen atoms in total. The maximum Gasteiger partial charge on any atom is 0.160 e. The van der Waals surface area contributed by atoms with Crippen LogP contribution in [0.1, 0.15) is 104 Å². The highest BCUT2D eigenvalue weighted by atomic mass is 16.1. The van der Waals surface area contributed by atoms with E-state index in [0.29, 0.717) is 29.7 Å². The Balaban J connectivity index is 1.72. The maximum atomic E-state index is 12.2. The lowest BCUT2D eigenvalue weighted by Gasteiger charge is -2.30. The quantitative estimate of drug-likeness (QED) is 0.799. The number of carbonyl (C=O) groups is 2. The molecule has 3 atom stereocenters. The van der Waals surface area contributed by atoms with Crippen LogP contribution in [0.15, 0.2) is 12.1 Å². The molecule has 1 aliphatic carbocycles. The Morgan fingerprint density at radius 1 is 0.960 bits per heavy atom. The Labute approximate surface area is 150 Å². The molecular weight excluding hydrogens is 310 g/mol. The minimum Gasteiger partial charge on any atom is -0.303 e. The predicted molar refractivity (Wildman–Crippen MR) is 98.8 cm³/mol. The summed E-state index contributed by atoms with van der Waals surface area (Å²) < 4.78 is 0. The fourth-order valence-corrected chi connectivity index (χ4v) is 5.57. The van der Waals surface area contributed by atoms with E-state index in [4.69, 9.17) is 0 Å². The minimum atomic E-state index is 0.185. The molecule has 1 saturated carbocycles. The number of hydrogen-bond donors (Lipinski definition) is 1. The van der Waals surface area contributed by atoms with Crippen LogP contribution in [-0.2, 0) is 4.79 Å². The third-order valence-electron chi connectivity index (χ3n) is 6.82. The fraction of sp³-hybridized carbons (Fsp3) is 0.636. The molecule has 1 N–H and O–H groups in total. The molecule has 25 heavy (non-hydrogen) atoms. The second-order valence-electron chi connectivity index (χ2n) is 8.59. The van der Waals surface area contributed by atoms with Crippen LogP contribution in [0, 0.1) is 11.8 Å². The summed E-state index contributed by atoms with van der Waals surface area (Å²) in [6.07, 6.45) is 6.53. The normalized spacial score (nSPS) is 33.8. The van der Waals surface area contributed by atoms with E-state index in [0.717, 1.165) is 37.7 Å². The van der Waals surface area contributed by atoms with Crippen molar-refractivity contribution >= 4 is 11.6 Å². The smallest absolute Gasteiger partial charge is 0.160 e. The standard InChI is InChI=1S/C22H29NO2/c1-12-10-19-21-17(14(3)25)8-9-18(22(21)20(11-12)23-19)16-6-4-15(5-7-16)13(2)24/h8-9,12,15-16,19-20,23H,4-7,10-11H2,1-3H3. The molecule has 1 aromatic rings. The first-order valence-electron chi connectivity index (χ1n) is 9.89. The van der Waals surface area contributed by atoms with Gasteiger partial charge in [0.2, 0.25) is 0 Å². The number of ketones is 2. The number of piperidine rings is 1. The van der Waals surface area contributed by atoms with Gasteiger partial charge in [-0.2, -0.15) is 0 Å². The number of hydrogen-bond acceptors (Lipinski definition) is 3. The lowest BCUT2D eigenvalue weighted by molar-refractivity contribution is -0.121. The third kappa shape index (κ3) is 2.87. The fourth-order valence-electron chi connectivity index (χ4n) is 5.57. The molecule has 2 heterocycles. The molecule has 0 spiro atoms. The van der Waals surface area contributed by atoms with Gasteiger partial charge in [-0.1, -0.05) is 19.1 Å². The molecule has 0 amide bonds. The number of benzene rings is 1. The van der Waals surface area contributed by atoms with Crippen LogP contribution in [0.3, 0.4) is 0 Å². The molecule has 1 saturated heterocycles. The Bertz CT molecular complexity index is 715. The highest BCUT2D eigenvalue weighted by Gasteiger charge is 2.41. The van der Waals surface area contributed by atoms with Crippen LogP contribution in [0.2, 0.25) is 0 Å². The molecule has 2 fully saturated rings. The molecule has 0 aromatic heterocycles. The van der Waals surface area contributed by atoms with Crippen molar-refractivity contribution in [2.24, 2.45) is 11.8 Å². The van der Waals surface area contributed by atoms with Gasteiger partial charge in [0.25, 0.3) is 0 Å². The van der Waals surface area contributed by atoms with Crippen LogP contribution in [-0.4, -0.2) is 11.6 Å². The van der Waals surface area contributed by atoms with Crippen molar-refractivity contribution in [3.8, 4) is 0 Å². The van der Waals surface area contributed by atoms with Crippen molar-refractivity contribution in [3.05, 3.63) is 34.4 Å².